The number of hydrogen-bond donors (Lipinski definition) is 0. The number of rotatable bonds is 0. The molecule has 12 heavy (non-hydrogen) atoms. The normalized spacial score (nSPS) is 10.7. The first-order chi connectivity index (χ1) is 5.47. The molecule has 0 fully saturated rings. The molecule has 0 atom stereocenters. The Labute approximate surface area is 83.6 Å². The summed E-state index contributed by atoms with van der Waals surface area (Å²) in [5.41, 5.74) is 3.29. The highest BCUT2D eigenvalue weighted by Crippen LogP contribution is 2.20. The van der Waals surface area contributed by atoms with Crippen LogP contribution in [0.25, 0.3) is 0 Å². The third-order valence-electron chi connectivity index (χ3n) is 1.13. The Bertz CT molecular complexity index is 324. The molecule has 0 spiro atoms. The van der Waals surface area contributed by atoms with Crippen LogP contribution in [0.3, 0.4) is 0 Å². The average Bonchev–Trinajstić information content (AvgIpc) is 2.30. The van der Waals surface area contributed by atoms with Crippen LogP contribution < -0.4 is 0 Å². The van der Waals surface area contributed by atoms with E-state index < -0.39 is 8.07 Å². The first-order valence-electron chi connectivity index (χ1n) is 3.76. The molecule has 1 rings (SSSR count). The zero-order valence-corrected chi connectivity index (χ0v) is 10.0. The van der Waals surface area contributed by atoms with Gasteiger partial charge in [0.25, 0.3) is 0 Å². The van der Waals surface area contributed by atoms with Gasteiger partial charge in [0.15, 0.2) is 0 Å². The van der Waals surface area contributed by atoms with Gasteiger partial charge in [-0.25, -0.2) is 0 Å². The Kier molecular flexibility index (Phi) is 3.00. The maximum atomic E-state index is 5.77. The standard InChI is InChI=1S/C9H11ClSSi/c1-12(2,3)7-6-8-4-5-9(10)11-8/h4-5H,1-3H3. The summed E-state index contributed by atoms with van der Waals surface area (Å²) in [7, 11) is -1.23. The van der Waals surface area contributed by atoms with E-state index in [1.807, 2.05) is 12.1 Å². The molecule has 0 saturated heterocycles. The van der Waals surface area contributed by atoms with Crippen molar-refractivity contribution >= 4 is 31.0 Å². The Morgan fingerprint density at radius 1 is 1.33 bits per heavy atom. The summed E-state index contributed by atoms with van der Waals surface area (Å²) in [6, 6.07) is 3.86. The van der Waals surface area contributed by atoms with Gasteiger partial charge in [-0.1, -0.05) is 37.2 Å². The molecule has 0 amide bonds. The summed E-state index contributed by atoms with van der Waals surface area (Å²) >= 11 is 7.31. The molecule has 0 radical (unpaired) electrons. The highest BCUT2D eigenvalue weighted by Gasteiger charge is 2.07. The van der Waals surface area contributed by atoms with Crippen LogP contribution in [0.15, 0.2) is 12.1 Å². The maximum Gasteiger partial charge on any atom is 0.129 e. The lowest BCUT2D eigenvalue weighted by Crippen LogP contribution is -2.16. The van der Waals surface area contributed by atoms with Crippen molar-refractivity contribution in [1.82, 2.24) is 0 Å². The highest BCUT2D eigenvalue weighted by atomic mass is 35.5. The molecule has 1 aromatic heterocycles. The third-order valence-corrected chi connectivity index (χ3v) is 3.16. The van der Waals surface area contributed by atoms with Gasteiger partial charge in [0.1, 0.15) is 8.07 Å². The number of thiophene rings is 1. The fourth-order valence-corrected chi connectivity index (χ4v) is 2.13. The second-order valence-corrected chi connectivity index (χ2v) is 10.1. The van der Waals surface area contributed by atoms with Crippen molar-refractivity contribution in [2.75, 3.05) is 0 Å². The summed E-state index contributed by atoms with van der Waals surface area (Å²) in [5.74, 6) is 3.15. The Morgan fingerprint density at radius 2 is 2.00 bits per heavy atom. The van der Waals surface area contributed by atoms with Crippen LogP contribution in [-0.2, 0) is 0 Å². The SMILES string of the molecule is C[Si](C)(C)C#Cc1ccc(Cl)s1. The van der Waals surface area contributed by atoms with Crippen molar-refractivity contribution < 1.29 is 0 Å². The van der Waals surface area contributed by atoms with Gasteiger partial charge in [-0.3, -0.25) is 0 Å². The van der Waals surface area contributed by atoms with Crippen molar-refractivity contribution in [2.45, 2.75) is 19.6 Å². The molecular weight excluding hydrogens is 204 g/mol. The molecular formula is C9H11ClSSi. The Balaban J connectivity index is 2.80. The second-order valence-electron chi connectivity index (χ2n) is 3.60. The summed E-state index contributed by atoms with van der Waals surface area (Å²) in [6.45, 7) is 6.69. The lowest BCUT2D eigenvalue weighted by Gasteiger charge is -2.02. The van der Waals surface area contributed by atoms with Crippen LogP contribution in [0.1, 0.15) is 4.88 Å². The van der Waals surface area contributed by atoms with Gasteiger partial charge in [-0.15, -0.1) is 16.9 Å². The molecule has 0 unspecified atom stereocenters. The van der Waals surface area contributed by atoms with E-state index >= 15 is 0 Å². The molecule has 0 aliphatic carbocycles. The number of halogens is 1. The molecule has 1 aromatic rings. The monoisotopic (exact) mass is 214 g/mol. The van der Waals surface area contributed by atoms with E-state index in [1.165, 1.54) is 0 Å². The van der Waals surface area contributed by atoms with Crippen molar-refractivity contribution in [1.29, 1.82) is 0 Å². The summed E-state index contributed by atoms with van der Waals surface area (Å²) in [6.07, 6.45) is 0. The molecule has 0 N–H and O–H groups in total. The van der Waals surface area contributed by atoms with Gasteiger partial charge in [0.05, 0.1) is 9.21 Å². The van der Waals surface area contributed by atoms with E-state index in [2.05, 4.69) is 31.1 Å². The lowest BCUT2D eigenvalue weighted by molar-refractivity contribution is 1.81. The Hall–Kier alpha value is -0.233. The smallest absolute Gasteiger partial charge is 0.126 e. The van der Waals surface area contributed by atoms with Crippen LogP contribution in [-0.4, -0.2) is 8.07 Å². The summed E-state index contributed by atoms with van der Waals surface area (Å²) in [5, 5.41) is 0. The molecule has 0 aliphatic rings. The predicted octanol–water partition coefficient (Wildman–Crippen LogP) is 3.63. The predicted molar refractivity (Wildman–Crippen MR) is 59.6 cm³/mol. The lowest BCUT2D eigenvalue weighted by atomic mass is 10.5. The minimum atomic E-state index is -1.23. The van der Waals surface area contributed by atoms with Crippen molar-refractivity contribution in [3.8, 4) is 11.5 Å². The van der Waals surface area contributed by atoms with E-state index in [0.29, 0.717) is 0 Å². The van der Waals surface area contributed by atoms with Gasteiger partial charge < -0.3 is 0 Å². The largest absolute Gasteiger partial charge is 0.129 e. The van der Waals surface area contributed by atoms with Gasteiger partial charge in [0.2, 0.25) is 0 Å². The molecule has 0 nitrogen and oxygen atoms in total. The zero-order chi connectivity index (χ0) is 9.19. The van der Waals surface area contributed by atoms with Gasteiger partial charge in [0, 0.05) is 0 Å². The molecule has 0 aliphatic heterocycles. The van der Waals surface area contributed by atoms with Crippen LogP contribution >= 0.6 is 22.9 Å². The first-order valence-corrected chi connectivity index (χ1v) is 8.45. The van der Waals surface area contributed by atoms with Gasteiger partial charge >= 0.3 is 0 Å². The average molecular weight is 215 g/mol. The highest BCUT2D eigenvalue weighted by molar-refractivity contribution is 7.16. The number of hydrogen-bond acceptors (Lipinski definition) is 1. The maximum absolute atomic E-state index is 5.77. The molecule has 0 aromatic carbocycles. The van der Waals surface area contributed by atoms with Crippen LogP contribution in [0.5, 0.6) is 0 Å². The van der Waals surface area contributed by atoms with Gasteiger partial charge in [-0.05, 0) is 12.1 Å². The second kappa shape index (κ2) is 3.65. The molecule has 1 heterocycles. The zero-order valence-electron chi connectivity index (χ0n) is 7.44. The van der Waals surface area contributed by atoms with E-state index in [9.17, 15) is 0 Å². The minimum absolute atomic E-state index is 0.815. The third kappa shape index (κ3) is 3.44. The fourth-order valence-electron chi connectivity index (χ4n) is 0.631. The molecule has 0 bridgehead atoms. The first kappa shape index (κ1) is 9.85. The van der Waals surface area contributed by atoms with E-state index in [0.717, 1.165) is 9.21 Å². The van der Waals surface area contributed by atoms with Crippen LogP contribution in [0.2, 0.25) is 24.0 Å². The van der Waals surface area contributed by atoms with E-state index in [4.69, 9.17) is 11.6 Å². The minimum Gasteiger partial charge on any atom is -0.126 e. The molecule has 0 saturated carbocycles. The Morgan fingerprint density at radius 3 is 2.42 bits per heavy atom. The fraction of sp³-hybridized carbons (Fsp3) is 0.333. The van der Waals surface area contributed by atoms with Crippen LogP contribution in [0.4, 0.5) is 0 Å². The quantitative estimate of drug-likeness (QED) is 0.457. The van der Waals surface area contributed by atoms with Crippen LogP contribution in [0, 0.1) is 11.5 Å². The topological polar surface area (TPSA) is 0 Å². The van der Waals surface area contributed by atoms with Gasteiger partial charge in [-0.2, -0.15) is 0 Å². The summed E-state index contributed by atoms with van der Waals surface area (Å²) in [4.78, 5) is 1.07. The van der Waals surface area contributed by atoms with Crippen molar-refractivity contribution in [3.05, 3.63) is 21.3 Å². The van der Waals surface area contributed by atoms with Crippen molar-refractivity contribution in [2.24, 2.45) is 0 Å². The van der Waals surface area contributed by atoms with E-state index in [1.54, 1.807) is 11.3 Å². The summed E-state index contributed by atoms with van der Waals surface area (Å²) < 4.78 is 0.815. The van der Waals surface area contributed by atoms with Crippen molar-refractivity contribution in [3.63, 3.8) is 0 Å². The van der Waals surface area contributed by atoms with E-state index in [-0.39, 0.29) is 0 Å². The molecule has 64 valence electrons. The molecule has 3 heteroatoms.